The fourth-order valence-corrected chi connectivity index (χ4v) is 4.97. The van der Waals surface area contributed by atoms with Crippen LogP contribution in [0, 0.1) is 18.7 Å². The summed E-state index contributed by atoms with van der Waals surface area (Å²) in [6, 6.07) is 17.5. The lowest BCUT2D eigenvalue weighted by atomic mass is 10.1. The first-order chi connectivity index (χ1) is 15.3. The number of halogens is 1. The van der Waals surface area contributed by atoms with Crippen LogP contribution in [0.1, 0.15) is 23.5 Å². The maximum Gasteiger partial charge on any atom is 0.262 e. The smallest absolute Gasteiger partial charge is 0.262 e. The summed E-state index contributed by atoms with van der Waals surface area (Å²) < 4.78 is 46.6. The van der Waals surface area contributed by atoms with Gasteiger partial charge in [-0.3, -0.25) is 9.52 Å². The number of methoxy groups -OCH3 is 1. The molecule has 3 aromatic rings. The lowest BCUT2D eigenvalue weighted by Gasteiger charge is -2.13. The Labute approximate surface area is 186 Å². The van der Waals surface area contributed by atoms with Crippen molar-refractivity contribution in [1.82, 2.24) is 0 Å². The summed E-state index contributed by atoms with van der Waals surface area (Å²) in [7, 11) is -2.33. The van der Waals surface area contributed by atoms with Crippen molar-refractivity contribution in [2.75, 3.05) is 17.1 Å². The van der Waals surface area contributed by atoms with Gasteiger partial charge in [0.05, 0.1) is 12.0 Å². The van der Waals surface area contributed by atoms with Gasteiger partial charge in [-0.1, -0.05) is 18.2 Å². The number of rotatable bonds is 7. The van der Waals surface area contributed by atoms with Gasteiger partial charge in [-0.25, -0.2) is 12.8 Å². The van der Waals surface area contributed by atoms with E-state index in [0.717, 1.165) is 5.56 Å². The molecule has 2 atom stereocenters. The number of hydrogen-bond acceptors (Lipinski definition) is 4. The maximum absolute atomic E-state index is 13.1. The van der Waals surface area contributed by atoms with E-state index in [1.54, 1.807) is 55.5 Å². The highest BCUT2D eigenvalue weighted by atomic mass is 32.2. The summed E-state index contributed by atoms with van der Waals surface area (Å²) >= 11 is 0. The zero-order chi connectivity index (χ0) is 22.9. The predicted molar refractivity (Wildman–Crippen MR) is 121 cm³/mol. The molecule has 0 bridgehead atoms. The van der Waals surface area contributed by atoms with Crippen molar-refractivity contribution in [1.29, 1.82) is 0 Å². The highest BCUT2D eigenvalue weighted by Gasteiger charge is 2.44. The van der Waals surface area contributed by atoms with Gasteiger partial charge in [0.15, 0.2) is 0 Å². The zero-order valence-corrected chi connectivity index (χ0v) is 18.4. The van der Waals surface area contributed by atoms with Gasteiger partial charge in [0.25, 0.3) is 10.0 Å². The van der Waals surface area contributed by atoms with Crippen LogP contribution in [0.3, 0.4) is 0 Å². The molecule has 1 saturated carbocycles. The van der Waals surface area contributed by atoms with Crippen molar-refractivity contribution in [3.05, 3.63) is 83.7 Å². The number of carbonyl (C=O) groups is 1. The summed E-state index contributed by atoms with van der Waals surface area (Å²) in [6.07, 6.45) is 0.674. The van der Waals surface area contributed by atoms with Crippen molar-refractivity contribution >= 4 is 27.3 Å². The van der Waals surface area contributed by atoms with Crippen LogP contribution >= 0.6 is 0 Å². The number of aryl methyl sites for hydroxylation is 1. The molecule has 1 fully saturated rings. The van der Waals surface area contributed by atoms with Gasteiger partial charge >= 0.3 is 0 Å². The van der Waals surface area contributed by atoms with Crippen molar-refractivity contribution < 1.29 is 22.3 Å². The number of benzene rings is 3. The molecule has 2 N–H and O–H groups in total. The SMILES string of the molecule is COc1ccc(NS(=O)(=O)c2cc(NC(=O)C3CC3c3ccc(F)cc3)ccc2C)cc1. The third-order valence-electron chi connectivity index (χ3n) is 5.51. The Hall–Kier alpha value is -3.39. The predicted octanol–water partition coefficient (Wildman–Crippen LogP) is 4.69. The zero-order valence-electron chi connectivity index (χ0n) is 17.6. The van der Waals surface area contributed by atoms with Crippen LogP contribution in [-0.2, 0) is 14.8 Å². The highest BCUT2D eigenvalue weighted by molar-refractivity contribution is 7.92. The summed E-state index contributed by atoms with van der Waals surface area (Å²) in [5.41, 5.74) is 2.28. The third kappa shape index (κ3) is 4.75. The van der Waals surface area contributed by atoms with Gasteiger partial charge in [-0.2, -0.15) is 0 Å². The minimum atomic E-state index is -3.86. The number of anilines is 2. The average molecular weight is 455 g/mol. The van der Waals surface area contributed by atoms with Gasteiger partial charge in [0, 0.05) is 17.3 Å². The lowest BCUT2D eigenvalue weighted by Crippen LogP contribution is -2.17. The number of amides is 1. The second kappa shape index (κ2) is 8.63. The molecule has 32 heavy (non-hydrogen) atoms. The van der Waals surface area contributed by atoms with Crippen LogP contribution in [0.15, 0.2) is 71.6 Å². The number of hydrogen-bond donors (Lipinski definition) is 2. The van der Waals surface area contributed by atoms with Crippen LogP contribution in [0.25, 0.3) is 0 Å². The molecule has 1 amide bonds. The Morgan fingerprint density at radius 1 is 1.00 bits per heavy atom. The third-order valence-corrected chi connectivity index (χ3v) is 7.04. The summed E-state index contributed by atoms with van der Waals surface area (Å²) in [6.45, 7) is 1.69. The van der Waals surface area contributed by atoms with E-state index in [2.05, 4.69) is 10.0 Å². The maximum atomic E-state index is 13.1. The minimum absolute atomic E-state index is 0.0426. The molecule has 3 aromatic carbocycles. The van der Waals surface area contributed by atoms with Crippen molar-refractivity contribution in [2.45, 2.75) is 24.2 Å². The molecule has 1 aliphatic rings. The molecule has 166 valence electrons. The fraction of sp³-hybridized carbons (Fsp3) is 0.208. The minimum Gasteiger partial charge on any atom is -0.497 e. The van der Waals surface area contributed by atoms with Gasteiger partial charge in [0.1, 0.15) is 11.6 Å². The number of sulfonamides is 1. The van der Waals surface area contributed by atoms with Gasteiger partial charge in [-0.15, -0.1) is 0 Å². The number of carbonyl (C=O) groups excluding carboxylic acids is 1. The normalized spacial score (nSPS) is 17.5. The Kier molecular flexibility index (Phi) is 5.88. The van der Waals surface area contributed by atoms with E-state index in [1.165, 1.54) is 25.3 Å². The molecule has 4 rings (SSSR count). The molecule has 0 aromatic heterocycles. The van der Waals surface area contributed by atoms with E-state index >= 15 is 0 Å². The largest absolute Gasteiger partial charge is 0.497 e. The first kappa shape index (κ1) is 21.8. The van der Waals surface area contributed by atoms with E-state index in [-0.39, 0.29) is 28.5 Å². The molecule has 0 aliphatic heterocycles. The second-order valence-electron chi connectivity index (χ2n) is 7.80. The Bertz CT molecular complexity index is 1240. The molecular formula is C24H23FN2O4S. The van der Waals surface area contributed by atoms with Crippen LogP contribution in [0.5, 0.6) is 5.75 Å². The molecule has 0 heterocycles. The van der Waals surface area contributed by atoms with Gasteiger partial charge in [0.2, 0.25) is 5.91 Å². The first-order valence-corrected chi connectivity index (χ1v) is 11.6. The van der Waals surface area contributed by atoms with E-state index < -0.39 is 10.0 Å². The van der Waals surface area contributed by atoms with Crippen molar-refractivity contribution in [3.8, 4) is 5.75 Å². The standard InChI is InChI=1S/C24H23FN2O4S/c1-15-3-8-19(26-24(28)22-14-21(22)16-4-6-17(25)7-5-16)13-23(15)32(29,30)27-18-9-11-20(31-2)12-10-18/h3-13,21-22,27H,14H2,1-2H3,(H,26,28). The monoisotopic (exact) mass is 454 g/mol. The van der Waals surface area contributed by atoms with Crippen LogP contribution in [0.4, 0.5) is 15.8 Å². The fourth-order valence-electron chi connectivity index (χ4n) is 3.63. The molecule has 0 radical (unpaired) electrons. The molecule has 0 spiro atoms. The first-order valence-electron chi connectivity index (χ1n) is 10.1. The highest BCUT2D eigenvalue weighted by Crippen LogP contribution is 2.48. The Balaban J connectivity index is 1.47. The Morgan fingerprint density at radius 3 is 2.31 bits per heavy atom. The van der Waals surface area contributed by atoms with Gasteiger partial charge < -0.3 is 10.1 Å². The van der Waals surface area contributed by atoms with E-state index in [1.807, 2.05) is 0 Å². The van der Waals surface area contributed by atoms with Crippen molar-refractivity contribution in [3.63, 3.8) is 0 Å². The quantitative estimate of drug-likeness (QED) is 0.543. The lowest BCUT2D eigenvalue weighted by molar-refractivity contribution is -0.117. The Morgan fingerprint density at radius 2 is 1.66 bits per heavy atom. The number of ether oxygens (including phenoxy) is 1. The second-order valence-corrected chi connectivity index (χ2v) is 9.45. The van der Waals surface area contributed by atoms with E-state index in [4.69, 9.17) is 4.74 Å². The summed E-state index contributed by atoms with van der Waals surface area (Å²) in [5.74, 6) is -0.0604. The summed E-state index contributed by atoms with van der Waals surface area (Å²) in [5, 5.41) is 2.81. The molecule has 6 nitrogen and oxygen atoms in total. The topological polar surface area (TPSA) is 84.5 Å². The molecule has 2 unspecified atom stereocenters. The van der Waals surface area contributed by atoms with Crippen LogP contribution in [-0.4, -0.2) is 21.4 Å². The summed E-state index contributed by atoms with van der Waals surface area (Å²) in [4.78, 5) is 12.7. The average Bonchev–Trinajstić information content (AvgIpc) is 3.57. The molecule has 1 aliphatic carbocycles. The van der Waals surface area contributed by atoms with E-state index in [0.29, 0.717) is 29.1 Å². The van der Waals surface area contributed by atoms with Crippen LogP contribution in [0.2, 0.25) is 0 Å². The molecule has 0 saturated heterocycles. The molecule has 8 heteroatoms. The molecular weight excluding hydrogens is 431 g/mol. The van der Waals surface area contributed by atoms with Crippen molar-refractivity contribution in [2.24, 2.45) is 5.92 Å². The van der Waals surface area contributed by atoms with Gasteiger partial charge in [-0.05, 0) is 78.9 Å². The van der Waals surface area contributed by atoms with E-state index in [9.17, 15) is 17.6 Å². The number of nitrogens with one attached hydrogen (secondary N) is 2. The van der Waals surface area contributed by atoms with Crippen LogP contribution < -0.4 is 14.8 Å².